The molecule has 0 radical (unpaired) electrons. The lowest BCUT2D eigenvalue weighted by Gasteiger charge is -2.31. The molecular weight excluding hydrogens is 358 g/mol. The molecule has 0 bridgehead atoms. The van der Waals surface area contributed by atoms with Crippen molar-refractivity contribution in [2.45, 2.75) is 24.5 Å². The molecule has 1 unspecified atom stereocenters. The summed E-state index contributed by atoms with van der Waals surface area (Å²) >= 11 is 7.32. The molecule has 2 rings (SSSR count). The average Bonchev–Trinajstić information content (AvgIpc) is 2.73. The Morgan fingerprint density at radius 2 is 2.17 bits per heavy atom. The number of rotatable bonds is 4. The van der Waals surface area contributed by atoms with Crippen molar-refractivity contribution < 1.29 is 13.5 Å². The molecule has 0 aliphatic carbocycles. The highest BCUT2D eigenvalue weighted by Gasteiger charge is 2.43. The van der Waals surface area contributed by atoms with Crippen LogP contribution in [-0.2, 0) is 15.7 Å². The molecule has 1 fully saturated rings. The van der Waals surface area contributed by atoms with Crippen molar-refractivity contribution in [3.63, 3.8) is 0 Å². The lowest BCUT2D eigenvalue weighted by atomic mass is 10.0. The lowest BCUT2D eigenvalue weighted by Crippen LogP contribution is -2.42. The zero-order valence-corrected chi connectivity index (χ0v) is 15.5. The topological polar surface area (TPSA) is 96.0 Å². The van der Waals surface area contributed by atoms with Crippen molar-refractivity contribution in [3.8, 4) is 0 Å². The van der Waals surface area contributed by atoms with Crippen LogP contribution in [0.5, 0.6) is 0 Å². The summed E-state index contributed by atoms with van der Waals surface area (Å²) in [5.74, 6) is 0.751. The van der Waals surface area contributed by atoms with Gasteiger partial charge in [-0.2, -0.15) is 0 Å². The number of primary sulfonamides is 1. The number of benzene rings is 1. The summed E-state index contributed by atoms with van der Waals surface area (Å²) in [6.45, 7) is 4.78. The summed E-state index contributed by atoms with van der Waals surface area (Å²) in [5, 5.41) is 16.9. The van der Waals surface area contributed by atoms with Crippen LogP contribution >= 0.6 is 23.4 Å². The van der Waals surface area contributed by atoms with Crippen molar-refractivity contribution in [2.24, 2.45) is 16.0 Å². The van der Waals surface area contributed by atoms with E-state index in [1.807, 2.05) is 0 Å². The second kappa shape index (κ2) is 6.60. The molecule has 1 aliphatic rings. The molecule has 128 valence electrons. The number of thioether (sulfide) groups is 1. The van der Waals surface area contributed by atoms with Crippen LogP contribution in [0.3, 0.4) is 0 Å². The minimum atomic E-state index is -3.96. The van der Waals surface area contributed by atoms with Crippen molar-refractivity contribution in [1.29, 1.82) is 0 Å². The smallest absolute Gasteiger partial charge is 0.239 e. The molecule has 1 heterocycles. The number of sulfonamides is 1. The van der Waals surface area contributed by atoms with Gasteiger partial charge in [-0.15, -0.1) is 0 Å². The van der Waals surface area contributed by atoms with Gasteiger partial charge in [0.25, 0.3) is 0 Å². The monoisotopic (exact) mass is 377 g/mol. The van der Waals surface area contributed by atoms with Gasteiger partial charge in [0.2, 0.25) is 10.0 Å². The highest BCUT2D eigenvalue weighted by molar-refractivity contribution is 8.14. The fourth-order valence-electron chi connectivity index (χ4n) is 2.18. The average molecular weight is 378 g/mol. The van der Waals surface area contributed by atoms with E-state index >= 15 is 0 Å². The second-order valence-corrected chi connectivity index (χ2v) is 8.75. The van der Waals surface area contributed by atoms with Gasteiger partial charge in [-0.3, -0.25) is 4.99 Å². The van der Waals surface area contributed by atoms with Crippen molar-refractivity contribution in [2.75, 3.05) is 19.3 Å². The van der Waals surface area contributed by atoms with Gasteiger partial charge in [-0.25, -0.2) is 13.6 Å². The normalized spacial score (nSPS) is 24.0. The Bertz CT molecular complexity index is 737. The van der Waals surface area contributed by atoms with Crippen LogP contribution in [0.2, 0.25) is 5.02 Å². The van der Waals surface area contributed by atoms with Crippen LogP contribution < -0.4 is 5.14 Å². The van der Waals surface area contributed by atoms with Crippen LogP contribution in [0.4, 0.5) is 0 Å². The van der Waals surface area contributed by atoms with E-state index in [2.05, 4.69) is 18.8 Å². The van der Waals surface area contributed by atoms with Crippen LogP contribution in [0.25, 0.3) is 0 Å². The van der Waals surface area contributed by atoms with E-state index in [1.54, 1.807) is 18.0 Å². The highest BCUT2D eigenvalue weighted by atomic mass is 35.5. The van der Waals surface area contributed by atoms with Gasteiger partial charge in [-0.05, 0) is 18.1 Å². The Hall–Kier alpha value is -0.800. The van der Waals surface area contributed by atoms with Gasteiger partial charge in [-0.1, -0.05) is 43.3 Å². The molecule has 1 saturated heterocycles. The predicted molar refractivity (Wildman–Crippen MR) is 94.1 cm³/mol. The minimum Gasteiger partial charge on any atom is -0.366 e. The van der Waals surface area contributed by atoms with Gasteiger partial charge in [0, 0.05) is 19.2 Å². The molecule has 9 heteroatoms. The molecule has 1 aromatic carbocycles. The number of aliphatic imine (C=N–C) groups is 1. The Balaban J connectivity index is 2.40. The maximum atomic E-state index is 11.6. The lowest BCUT2D eigenvalue weighted by molar-refractivity contribution is -0.0350. The van der Waals surface area contributed by atoms with Crippen LogP contribution in [0, 0.1) is 5.92 Å². The van der Waals surface area contributed by atoms with Gasteiger partial charge >= 0.3 is 0 Å². The number of halogens is 1. The maximum absolute atomic E-state index is 11.6. The third-order valence-electron chi connectivity index (χ3n) is 3.54. The van der Waals surface area contributed by atoms with Crippen molar-refractivity contribution in [3.05, 3.63) is 28.8 Å². The van der Waals surface area contributed by atoms with E-state index in [4.69, 9.17) is 16.7 Å². The zero-order chi connectivity index (χ0) is 17.4. The van der Waals surface area contributed by atoms with Crippen molar-refractivity contribution in [1.82, 2.24) is 4.90 Å². The summed E-state index contributed by atoms with van der Waals surface area (Å²) < 4.78 is 23.2. The number of aliphatic hydroxyl groups is 1. The van der Waals surface area contributed by atoms with Gasteiger partial charge in [0.15, 0.2) is 10.9 Å². The van der Waals surface area contributed by atoms with E-state index < -0.39 is 15.7 Å². The molecule has 0 saturated carbocycles. The standard InChI is InChI=1S/C14H20ClN3O3S2/c1-9(2)7-17-13-18(3)14(19,8-22-13)10-4-5-11(15)12(6-10)23(16,20)21/h4-6,9,19H,7-8H2,1-3H3,(H2,16,20,21)/b17-13+. The van der Waals surface area contributed by atoms with Gasteiger partial charge < -0.3 is 10.0 Å². The summed E-state index contributed by atoms with van der Waals surface area (Å²) in [7, 11) is -2.24. The Kier molecular flexibility index (Phi) is 5.32. The molecule has 1 aliphatic heterocycles. The fraction of sp³-hybridized carbons (Fsp3) is 0.500. The van der Waals surface area contributed by atoms with Crippen LogP contribution in [-0.4, -0.2) is 42.9 Å². The quantitative estimate of drug-likeness (QED) is 0.834. The van der Waals surface area contributed by atoms with Crippen LogP contribution in [0.15, 0.2) is 28.1 Å². The molecule has 1 aromatic rings. The van der Waals surface area contributed by atoms with E-state index in [0.29, 0.717) is 28.9 Å². The molecule has 23 heavy (non-hydrogen) atoms. The van der Waals surface area contributed by atoms with Crippen molar-refractivity contribution >= 4 is 38.6 Å². The number of nitrogens with zero attached hydrogens (tertiary/aromatic N) is 2. The number of amidine groups is 1. The third kappa shape index (κ3) is 3.83. The summed E-state index contributed by atoms with van der Waals surface area (Å²) in [4.78, 5) is 5.94. The van der Waals surface area contributed by atoms with Crippen LogP contribution in [0.1, 0.15) is 19.4 Å². The highest BCUT2D eigenvalue weighted by Crippen LogP contribution is 2.39. The first-order chi connectivity index (χ1) is 10.6. The molecule has 1 atom stereocenters. The first-order valence-corrected chi connectivity index (χ1v) is 9.93. The first kappa shape index (κ1) is 18.5. The Morgan fingerprint density at radius 1 is 1.52 bits per heavy atom. The SMILES string of the molecule is CC(C)C/N=C1/SCC(O)(c2ccc(Cl)c(S(N)(=O)=O)c2)N1C. The predicted octanol–water partition coefficient (Wildman–Crippen LogP) is 1.82. The Labute approximate surface area is 145 Å². The third-order valence-corrected chi connectivity index (χ3v) is 6.14. The summed E-state index contributed by atoms with van der Waals surface area (Å²) in [6, 6.07) is 4.34. The molecule has 0 spiro atoms. The first-order valence-electron chi connectivity index (χ1n) is 7.02. The number of hydrogen-bond acceptors (Lipinski definition) is 5. The molecular formula is C14H20ClN3O3S2. The molecule has 0 amide bonds. The second-order valence-electron chi connectivity index (χ2n) is 5.87. The number of hydrogen-bond donors (Lipinski definition) is 2. The summed E-state index contributed by atoms with van der Waals surface area (Å²) in [5.41, 5.74) is -0.944. The zero-order valence-electron chi connectivity index (χ0n) is 13.2. The fourth-order valence-corrected chi connectivity index (χ4v) is 4.45. The van der Waals surface area contributed by atoms with E-state index in [0.717, 1.165) is 0 Å². The molecule has 6 nitrogen and oxygen atoms in total. The Morgan fingerprint density at radius 3 is 2.74 bits per heavy atom. The van der Waals surface area contributed by atoms with E-state index in [1.165, 1.54) is 23.9 Å². The number of nitrogens with two attached hydrogens (primary N) is 1. The summed E-state index contributed by atoms with van der Waals surface area (Å²) in [6.07, 6.45) is 0. The van der Waals surface area contributed by atoms with E-state index in [9.17, 15) is 13.5 Å². The minimum absolute atomic E-state index is 0.0295. The maximum Gasteiger partial charge on any atom is 0.239 e. The largest absolute Gasteiger partial charge is 0.366 e. The molecule has 3 N–H and O–H groups in total. The van der Waals surface area contributed by atoms with Gasteiger partial charge in [0.05, 0.1) is 10.8 Å². The van der Waals surface area contributed by atoms with E-state index in [-0.39, 0.29) is 9.92 Å². The molecule has 0 aromatic heterocycles. The van der Waals surface area contributed by atoms with Gasteiger partial charge in [0.1, 0.15) is 4.90 Å².